The molecule has 1 saturated heterocycles. The molecule has 0 saturated carbocycles. The largest absolute Gasteiger partial charge is 0.338 e. The van der Waals surface area contributed by atoms with Gasteiger partial charge in [-0.25, -0.2) is 9.37 Å². The van der Waals surface area contributed by atoms with Crippen molar-refractivity contribution in [1.82, 2.24) is 20.2 Å². The molecule has 1 fully saturated rings. The number of piperazine rings is 1. The van der Waals surface area contributed by atoms with Crippen LogP contribution >= 0.6 is 0 Å². The minimum absolute atomic E-state index is 0.0709. The van der Waals surface area contributed by atoms with E-state index < -0.39 is 5.82 Å². The minimum Gasteiger partial charge on any atom is -0.338 e. The van der Waals surface area contributed by atoms with Gasteiger partial charge in [0.1, 0.15) is 0 Å². The number of carbonyl (C=O) groups excluding carboxylic acids is 1. The lowest BCUT2D eigenvalue weighted by Gasteiger charge is -2.30. The van der Waals surface area contributed by atoms with E-state index in [9.17, 15) is 9.18 Å². The molecule has 2 aromatic carbocycles. The lowest BCUT2D eigenvalue weighted by Crippen LogP contribution is -2.49. The molecule has 182 valence electrons. The third-order valence-electron chi connectivity index (χ3n) is 5.50. The number of carbonyl (C=O) groups is 1. The van der Waals surface area contributed by atoms with E-state index in [4.69, 9.17) is 0 Å². The number of aromatic nitrogens is 2. The maximum atomic E-state index is 14.3. The van der Waals surface area contributed by atoms with Crippen molar-refractivity contribution >= 4 is 34.7 Å². The van der Waals surface area contributed by atoms with E-state index in [2.05, 4.69) is 43.1 Å². The van der Waals surface area contributed by atoms with Gasteiger partial charge in [-0.1, -0.05) is 24.3 Å². The first-order valence-electron chi connectivity index (χ1n) is 11.6. The summed E-state index contributed by atoms with van der Waals surface area (Å²) in [4.78, 5) is 22.9. The van der Waals surface area contributed by atoms with E-state index in [0.717, 1.165) is 43.6 Å². The van der Waals surface area contributed by atoms with Crippen molar-refractivity contribution in [2.45, 2.75) is 19.9 Å². The lowest BCUT2D eigenvalue weighted by atomic mass is 10.2. The Morgan fingerprint density at radius 3 is 2.74 bits per heavy atom. The molecule has 0 unspecified atom stereocenters. The number of halogens is 1. The van der Waals surface area contributed by atoms with Gasteiger partial charge in [0, 0.05) is 55.4 Å². The van der Waals surface area contributed by atoms with Gasteiger partial charge in [0.2, 0.25) is 11.9 Å². The molecule has 4 N–H and O–H groups in total. The monoisotopic (exact) mass is 475 g/mol. The van der Waals surface area contributed by atoms with Crippen LogP contribution in [0.15, 0.2) is 66.9 Å². The average Bonchev–Trinajstić information content (AvgIpc) is 2.82. The van der Waals surface area contributed by atoms with Gasteiger partial charge < -0.3 is 21.3 Å². The second-order valence-corrected chi connectivity index (χ2v) is 8.60. The van der Waals surface area contributed by atoms with Crippen LogP contribution in [0.3, 0.4) is 0 Å². The van der Waals surface area contributed by atoms with Gasteiger partial charge in [-0.2, -0.15) is 4.98 Å². The summed E-state index contributed by atoms with van der Waals surface area (Å²) in [6.45, 7) is 7.75. The Kier molecular flexibility index (Phi) is 8.02. The first kappa shape index (κ1) is 24.3. The van der Waals surface area contributed by atoms with E-state index in [1.807, 2.05) is 43.3 Å². The zero-order valence-electron chi connectivity index (χ0n) is 19.9. The van der Waals surface area contributed by atoms with Crippen LogP contribution in [0.4, 0.5) is 33.2 Å². The topological polar surface area (TPSA) is 94.2 Å². The van der Waals surface area contributed by atoms with Crippen LogP contribution in [-0.2, 0) is 4.79 Å². The molecule has 1 aromatic heterocycles. The van der Waals surface area contributed by atoms with Crippen molar-refractivity contribution in [3.8, 4) is 0 Å². The molecule has 0 radical (unpaired) electrons. The number of nitrogens with zero attached hydrogens (tertiary/aromatic N) is 3. The molecule has 3 aromatic rings. The van der Waals surface area contributed by atoms with Crippen molar-refractivity contribution in [2.24, 2.45) is 0 Å². The summed E-state index contributed by atoms with van der Waals surface area (Å²) in [5, 5.41) is 12.3. The van der Waals surface area contributed by atoms with Gasteiger partial charge in [-0.3, -0.25) is 9.69 Å². The van der Waals surface area contributed by atoms with Crippen LogP contribution in [0.1, 0.15) is 12.5 Å². The summed E-state index contributed by atoms with van der Waals surface area (Å²) in [5.41, 5.74) is 3.07. The summed E-state index contributed by atoms with van der Waals surface area (Å²) >= 11 is 0. The van der Waals surface area contributed by atoms with Crippen LogP contribution in [0, 0.1) is 12.7 Å². The van der Waals surface area contributed by atoms with Crippen molar-refractivity contribution in [1.29, 1.82) is 0 Å². The van der Waals surface area contributed by atoms with Crippen LogP contribution in [0.2, 0.25) is 0 Å². The molecule has 35 heavy (non-hydrogen) atoms. The molecule has 1 atom stereocenters. The number of nitrogens with one attached hydrogen (secondary N) is 4. The number of hydrogen-bond acceptors (Lipinski definition) is 7. The summed E-state index contributed by atoms with van der Waals surface area (Å²) in [6, 6.07) is 15.2. The van der Waals surface area contributed by atoms with Gasteiger partial charge in [0.05, 0.1) is 6.20 Å². The standard InChI is InChI=1S/C26H30FN7O/c1-18-6-3-7-20(14-18)31-25-23(27)16-29-26(33-25)32-22-9-4-8-21(15-22)30-24(35)10-5-12-34-13-11-28-19(2)17-34/h3-10,14-16,19,28H,11-13,17H2,1-2H3,(H,30,35)(H2,29,31,32,33)/b10-5+/t19-/m1/s1. The number of amides is 1. The van der Waals surface area contributed by atoms with Gasteiger partial charge in [-0.15, -0.1) is 0 Å². The molecule has 0 bridgehead atoms. The summed E-state index contributed by atoms with van der Waals surface area (Å²) < 4.78 is 14.3. The van der Waals surface area contributed by atoms with E-state index in [0.29, 0.717) is 17.4 Å². The van der Waals surface area contributed by atoms with Crippen LogP contribution < -0.4 is 21.3 Å². The second-order valence-electron chi connectivity index (χ2n) is 8.60. The van der Waals surface area contributed by atoms with E-state index in [1.165, 1.54) is 0 Å². The van der Waals surface area contributed by atoms with Gasteiger partial charge in [0.15, 0.2) is 11.6 Å². The molecular formula is C26H30FN7O. The lowest BCUT2D eigenvalue weighted by molar-refractivity contribution is -0.111. The highest BCUT2D eigenvalue weighted by Gasteiger charge is 2.14. The van der Waals surface area contributed by atoms with Crippen LogP contribution in [-0.4, -0.2) is 53.0 Å². The number of aryl methyl sites for hydroxylation is 1. The van der Waals surface area contributed by atoms with E-state index >= 15 is 0 Å². The Morgan fingerprint density at radius 1 is 1.17 bits per heavy atom. The number of rotatable bonds is 8. The van der Waals surface area contributed by atoms with Gasteiger partial charge in [-0.05, 0) is 49.7 Å². The number of benzene rings is 2. The summed E-state index contributed by atoms with van der Waals surface area (Å²) in [7, 11) is 0. The summed E-state index contributed by atoms with van der Waals surface area (Å²) in [5.74, 6) is -0.454. The molecule has 0 spiro atoms. The van der Waals surface area contributed by atoms with Crippen LogP contribution in [0.25, 0.3) is 0 Å². The van der Waals surface area contributed by atoms with Crippen LogP contribution in [0.5, 0.6) is 0 Å². The maximum absolute atomic E-state index is 14.3. The molecule has 1 aliphatic heterocycles. The highest BCUT2D eigenvalue weighted by Crippen LogP contribution is 2.22. The predicted octanol–water partition coefficient (Wildman–Crippen LogP) is 4.20. The summed E-state index contributed by atoms with van der Waals surface area (Å²) in [6.07, 6.45) is 4.55. The SMILES string of the molecule is Cc1cccc(Nc2nc(Nc3cccc(NC(=O)/C=C/CN4CCN[C@H](C)C4)c3)ncc2F)c1. The first-order valence-corrected chi connectivity index (χ1v) is 11.6. The Balaban J connectivity index is 1.35. The Labute approximate surface area is 204 Å². The molecule has 9 heteroatoms. The maximum Gasteiger partial charge on any atom is 0.248 e. The van der Waals surface area contributed by atoms with Gasteiger partial charge >= 0.3 is 0 Å². The van der Waals surface area contributed by atoms with Crippen molar-refractivity contribution in [2.75, 3.05) is 42.1 Å². The van der Waals surface area contributed by atoms with E-state index in [1.54, 1.807) is 24.3 Å². The normalized spacial score (nSPS) is 16.3. The molecule has 2 heterocycles. The van der Waals surface area contributed by atoms with Crippen molar-refractivity contribution < 1.29 is 9.18 Å². The average molecular weight is 476 g/mol. The Bertz CT molecular complexity index is 1200. The fraction of sp³-hybridized carbons (Fsp3) is 0.269. The Hall–Kier alpha value is -3.82. The third-order valence-corrected chi connectivity index (χ3v) is 5.50. The zero-order chi connectivity index (χ0) is 24.6. The van der Waals surface area contributed by atoms with Crippen molar-refractivity contribution in [3.63, 3.8) is 0 Å². The molecule has 8 nitrogen and oxygen atoms in total. The molecule has 4 rings (SSSR count). The highest BCUT2D eigenvalue weighted by molar-refractivity contribution is 5.99. The molecule has 1 aliphatic rings. The quantitative estimate of drug-likeness (QED) is 0.363. The smallest absolute Gasteiger partial charge is 0.248 e. The molecular weight excluding hydrogens is 445 g/mol. The zero-order valence-corrected chi connectivity index (χ0v) is 19.9. The fourth-order valence-electron chi connectivity index (χ4n) is 3.85. The fourth-order valence-corrected chi connectivity index (χ4v) is 3.85. The minimum atomic E-state index is -0.555. The van der Waals surface area contributed by atoms with Gasteiger partial charge in [0.25, 0.3) is 0 Å². The molecule has 1 amide bonds. The number of hydrogen-bond donors (Lipinski definition) is 4. The number of anilines is 5. The predicted molar refractivity (Wildman–Crippen MR) is 138 cm³/mol. The second kappa shape index (κ2) is 11.5. The van der Waals surface area contributed by atoms with Crippen molar-refractivity contribution in [3.05, 3.63) is 78.3 Å². The third kappa shape index (κ3) is 7.33. The molecule has 0 aliphatic carbocycles. The Morgan fingerprint density at radius 2 is 1.94 bits per heavy atom. The highest BCUT2D eigenvalue weighted by atomic mass is 19.1. The first-order chi connectivity index (χ1) is 16.9. The van der Waals surface area contributed by atoms with E-state index in [-0.39, 0.29) is 17.7 Å².